The summed E-state index contributed by atoms with van der Waals surface area (Å²) < 4.78 is 4.15. The van der Waals surface area contributed by atoms with E-state index in [0.29, 0.717) is 19.0 Å². The van der Waals surface area contributed by atoms with E-state index in [0.717, 1.165) is 32.2 Å². The summed E-state index contributed by atoms with van der Waals surface area (Å²) in [4.78, 5) is 19.3. The van der Waals surface area contributed by atoms with Gasteiger partial charge in [0.15, 0.2) is 0 Å². The lowest BCUT2D eigenvalue weighted by molar-refractivity contribution is -0.128. The van der Waals surface area contributed by atoms with E-state index in [-0.39, 0.29) is 0 Å². The molecule has 1 fully saturated rings. The van der Waals surface area contributed by atoms with Crippen LogP contribution < -0.4 is 5.32 Å². The van der Waals surface area contributed by atoms with E-state index in [1.54, 1.807) is 6.92 Å². The van der Waals surface area contributed by atoms with Gasteiger partial charge in [0, 0.05) is 5.92 Å². The number of ether oxygens (including phenoxy) is 1. The Kier molecular flexibility index (Phi) is 8.55. The van der Waals surface area contributed by atoms with E-state index < -0.39 is 0 Å². The van der Waals surface area contributed by atoms with Gasteiger partial charge >= 0.3 is 0 Å². The highest BCUT2D eigenvalue weighted by atomic mass is 16.5. The predicted octanol–water partition coefficient (Wildman–Crippen LogP) is 0.364. The van der Waals surface area contributed by atoms with Crippen LogP contribution in [0.5, 0.6) is 0 Å². The highest BCUT2D eigenvalue weighted by Crippen LogP contribution is 2.06. The molecule has 1 heterocycles. The fourth-order valence-electron chi connectivity index (χ4n) is 1.05. The maximum atomic E-state index is 10.1. The molecule has 4 nitrogen and oxygen atoms in total. The molecule has 0 saturated carbocycles. The largest absolute Gasteiger partial charge is 0.468 e. The van der Waals surface area contributed by atoms with Crippen LogP contribution in [0.1, 0.15) is 19.8 Å². The average molecular weight is 187 g/mol. The third-order valence-corrected chi connectivity index (χ3v) is 1.81. The second-order valence-corrected chi connectivity index (χ2v) is 2.78. The number of nitrogens with one attached hydrogen (secondary N) is 1. The average Bonchev–Trinajstić information content (AvgIpc) is 2.21. The Hall–Kier alpha value is -0.900. The number of hydrogen-bond donors (Lipinski definition) is 1. The van der Waals surface area contributed by atoms with Gasteiger partial charge in [0.1, 0.15) is 6.29 Å². The van der Waals surface area contributed by atoms with Gasteiger partial charge in [0.25, 0.3) is 6.47 Å². The Morgan fingerprint density at radius 2 is 2.00 bits per heavy atom. The zero-order valence-corrected chi connectivity index (χ0v) is 7.99. The number of rotatable bonds is 3. The summed E-state index contributed by atoms with van der Waals surface area (Å²) in [6.07, 6.45) is 3.13. The molecule has 0 aromatic rings. The van der Waals surface area contributed by atoms with Crippen LogP contribution >= 0.6 is 0 Å². The van der Waals surface area contributed by atoms with Crippen molar-refractivity contribution in [3.63, 3.8) is 0 Å². The van der Waals surface area contributed by atoms with E-state index >= 15 is 0 Å². The van der Waals surface area contributed by atoms with E-state index in [2.05, 4.69) is 10.1 Å². The van der Waals surface area contributed by atoms with Gasteiger partial charge in [-0.25, -0.2) is 0 Å². The first-order valence-corrected chi connectivity index (χ1v) is 4.56. The second-order valence-electron chi connectivity index (χ2n) is 2.78. The molecular weight excluding hydrogens is 170 g/mol. The van der Waals surface area contributed by atoms with Crippen LogP contribution in [0.3, 0.4) is 0 Å². The molecule has 1 aliphatic heterocycles. The molecule has 0 aliphatic carbocycles. The number of piperidine rings is 1. The van der Waals surface area contributed by atoms with Gasteiger partial charge in [-0.3, -0.25) is 4.79 Å². The van der Waals surface area contributed by atoms with Crippen molar-refractivity contribution in [2.75, 3.05) is 19.7 Å². The van der Waals surface area contributed by atoms with Crippen LogP contribution in [0.2, 0.25) is 0 Å². The zero-order chi connectivity index (χ0) is 9.94. The van der Waals surface area contributed by atoms with Crippen molar-refractivity contribution in [2.24, 2.45) is 5.92 Å². The molecule has 1 N–H and O–H groups in total. The monoisotopic (exact) mass is 187 g/mol. The maximum Gasteiger partial charge on any atom is 0.293 e. The van der Waals surface area contributed by atoms with Crippen molar-refractivity contribution in [2.45, 2.75) is 19.8 Å². The molecule has 0 bridgehead atoms. The van der Waals surface area contributed by atoms with Crippen LogP contribution in [0, 0.1) is 5.92 Å². The molecule has 1 aliphatic rings. The molecule has 0 unspecified atom stereocenters. The summed E-state index contributed by atoms with van der Waals surface area (Å²) in [5, 5.41) is 3.19. The van der Waals surface area contributed by atoms with Crippen LogP contribution in [0.4, 0.5) is 0 Å². The second kappa shape index (κ2) is 9.19. The van der Waals surface area contributed by atoms with Crippen molar-refractivity contribution in [1.82, 2.24) is 5.32 Å². The lowest BCUT2D eigenvalue weighted by Gasteiger charge is -2.16. The summed E-state index contributed by atoms with van der Waals surface area (Å²) >= 11 is 0. The van der Waals surface area contributed by atoms with Crippen LogP contribution in [-0.4, -0.2) is 32.5 Å². The predicted molar refractivity (Wildman–Crippen MR) is 49.3 cm³/mol. The van der Waals surface area contributed by atoms with Crippen molar-refractivity contribution in [1.29, 1.82) is 0 Å². The number of hydrogen-bond acceptors (Lipinski definition) is 4. The van der Waals surface area contributed by atoms with Crippen molar-refractivity contribution in [3.05, 3.63) is 0 Å². The molecule has 0 amide bonds. The Morgan fingerprint density at radius 1 is 1.38 bits per heavy atom. The molecule has 0 spiro atoms. The van der Waals surface area contributed by atoms with Crippen LogP contribution in [0.25, 0.3) is 0 Å². The Morgan fingerprint density at radius 3 is 2.23 bits per heavy atom. The van der Waals surface area contributed by atoms with Crippen LogP contribution in [0.15, 0.2) is 0 Å². The van der Waals surface area contributed by atoms with Gasteiger partial charge < -0.3 is 14.8 Å². The van der Waals surface area contributed by atoms with Gasteiger partial charge in [-0.15, -0.1) is 0 Å². The topological polar surface area (TPSA) is 55.4 Å². The lowest BCUT2D eigenvalue weighted by atomic mass is 10.0. The first-order chi connectivity index (χ1) is 6.35. The molecule has 1 rings (SSSR count). The zero-order valence-electron chi connectivity index (χ0n) is 7.99. The molecule has 0 aromatic carbocycles. The Labute approximate surface area is 78.6 Å². The number of carbonyl (C=O) groups is 2. The van der Waals surface area contributed by atoms with E-state index in [4.69, 9.17) is 0 Å². The molecule has 0 aromatic heterocycles. The molecule has 0 atom stereocenters. The lowest BCUT2D eigenvalue weighted by Crippen LogP contribution is -2.28. The normalized spacial score (nSPS) is 16.7. The van der Waals surface area contributed by atoms with E-state index in [1.165, 1.54) is 0 Å². The minimum Gasteiger partial charge on any atom is -0.468 e. The van der Waals surface area contributed by atoms with Crippen LogP contribution in [-0.2, 0) is 14.3 Å². The van der Waals surface area contributed by atoms with E-state index in [9.17, 15) is 9.59 Å². The third-order valence-electron chi connectivity index (χ3n) is 1.81. The quantitative estimate of drug-likeness (QED) is 0.648. The fraction of sp³-hybridized carbons (Fsp3) is 0.778. The van der Waals surface area contributed by atoms with Crippen molar-refractivity contribution in [3.8, 4) is 0 Å². The first kappa shape index (κ1) is 12.1. The fourth-order valence-corrected chi connectivity index (χ4v) is 1.05. The van der Waals surface area contributed by atoms with E-state index in [1.807, 2.05) is 0 Å². The summed E-state index contributed by atoms with van der Waals surface area (Å²) in [7, 11) is 0. The highest BCUT2D eigenvalue weighted by molar-refractivity contribution is 5.53. The minimum absolute atomic E-state index is 0.344. The highest BCUT2D eigenvalue weighted by Gasteiger charge is 2.09. The number of aldehydes is 1. The van der Waals surface area contributed by atoms with Crippen molar-refractivity contribution >= 4 is 12.8 Å². The third kappa shape index (κ3) is 7.46. The molecule has 4 heteroatoms. The van der Waals surface area contributed by atoms with Gasteiger partial charge in [0.05, 0.1) is 6.61 Å². The Balaban J connectivity index is 0.000000252. The standard InChI is InChI=1S/C6H11NO.C3H6O2/c8-5-6-1-3-7-4-2-6;1-2-5-3-4/h5-7H,1-4H2;3H,2H2,1H3. The SMILES string of the molecule is CCOC=O.O=CC1CCNCC1. The van der Waals surface area contributed by atoms with Gasteiger partial charge in [-0.2, -0.15) is 0 Å². The summed E-state index contributed by atoms with van der Waals surface area (Å²) in [5.41, 5.74) is 0. The summed E-state index contributed by atoms with van der Waals surface area (Å²) in [5.74, 6) is 0.344. The molecule has 0 radical (unpaired) electrons. The Bertz CT molecular complexity index is 133. The van der Waals surface area contributed by atoms with Crippen molar-refractivity contribution < 1.29 is 14.3 Å². The summed E-state index contributed by atoms with van der Waals surface area (Å²) in [6, 6.07) is 0. The number of carbonyl (C=O) groups excluding carboxylic acids is 2. The maximum absolute atomic E-state index is 10.1. The molecular formula is C9H17NO3. The minimum atomic E-state index is 0.344. The van der Waals surface area contributed by atoms with Gasteiger partial charge in [-0.05, 0) is 32.9 Å². The summed E-state index contributed by atoms with van der Waals surface area (Å²) in [6.45, 7) is 4.70. The smallest absolute Gasteiger partial charge is 0.293 e. The van der Waals surface area contributed by atoms with Gasteiger partial charge in [0.2, 0.25) is 0 Å². The molecule has 13 heavy (non-hydrogen) atoms. The first-order valence-electron chi connectivity index (χ1n) is 4.56. The van der Waals surface area contributed by atoms with Gasteiger partial charge in [-0.1, -0.05) is 0 Å². The molecule has 1 saturated heterocycles. The molecule has 76 valence electrons.